The Morgan fingerprint density at radius 3 is 2.81 bits per heavy atom. The number of benzene rings is 1. The molecule has 0 spiro atoms. The fourth-order valence-corrected chi connectivity index (χ4v) is 3.43. The molecule has 5 nitrogen and oxygen atoms in total. The number of halogens is 2. The van der Waals surface area contributed by atoms with Crippen LogP contribution >= 0.6 is 11.3 Å². The van der Waals surface area contributed by atoms with Gasteiger partial charge in [-0.3, -0.25) is 4.79 Å². The molecule has 132 valence electrons. The van der Waals surface area contributed by atoms with E-state index >= 15 is 0 Å². The van der Waals surface area contributed by atoms with E-state index in [-0.39, 0.29) is 18.5 Å². The van der Waals surface area contributed by atoms with E-state index in [4.69, 9.17) is 11.0 Å². The number of nitrogens with zero attached hydrogens (tertiary/aromatic N) is 3. The zero-order chi connectivity index (χ0) is 18.8. The summed E-state index contributed by atoms with van der Waals surface area (Å²) in [7, 11) is 0. The summed E-state index contributed by atoms with van der Waals surface area (Å²) in [6.07, 6.45) is 0.180. The minimum Gasteiger partial charge on any atom is -0.366 e. The van der Waals surface area contributed by atoms with Gasteiger partial charge < -0.3 is 10.3 Å². The van der Waals surface area contributed by atoms with E-state index in [2.05, 4.69) is 4.98 Å². The lowest BCUT2D eigenvalue weighted by Gasteiger charge is -2.12. The molecule has 0 saturated heterocycles. The monoisotopic (exact) mass is 372 g/mol. The molecule has 0 atom stereocenters. The van der Waals surface area contributed by atoms with Crippen molar-refractivity contribution in [2.24, 2.45) is 5.73 Å². The number of thiazole rings is 1. The van der Waals surface area contributed by atoms with Gasteiger partial charge in [0.25, 0.3) is 5.91 Å². The molecule has 0 aliphatic rings. The molecule has 0 aliphatic carbocycles. The second kappa shape index (κ2) is 7.06. The smallest absolute Gasteiger partial charge is 0.250 e. The van der Waals surface area contributed by atoms with Crippen molar-refractivity contribution < 1.29 is 13.6 Å². The maximum atomic E-state index is 14.1. The van der Waals surface area contributed by atoms with Crippen molar-refractivity contribution in [2.45, 2.75) is 19.9 Å². The molecule has 0 saturated carbocycles. The summed E-state index contributed by atoms with van der Waals surface area (Å²) in [6.45, 7) is 1.79. The van der Waals surface area contributed by atoms with Gasteiger partial charge in [-0.15, -0.1) is 11.3 Å². The Hall–Kier alpha value is -3.05. The fourth-order valence-electron chi connectivity index (χ4n) is 2.71. The molecule has 3 aromatic rings. The molecule has 2 N–H and O–H groups in total. The van der Waals surface area contributed by atoms with Crippen molar-refractivity contribution in [1.82, 2.24) is 9.55 Å². The van der Waals surface area contributed by atoms with Crippen LogP contribution in [0.15, 0.2) is 29.6 Å². The molecule has 0 bridgehead atoms. The average Bonchev–Trinajstić information content (AvgIpc) is 3.16. The zero-order valence-corrected chi connectivity index (χ0v) is 14.6. The van der Waals surface area contributed by atoms with Gasteiger partial charge >= 0.3 is 0 Å². The molecular formula is C18H14F2N4OS. The third-order valence-corrected chi connectivity index (χ3v) is 4.87. The first kappa shape index (κ1) is 17.8. The molecule has 26 heavy (non-hydrogen) atoms. The quantitative estimate of drug-likeness (QED) is 0.745. The average molecular weight is 372 g/mol. The number of nitriles is 1. The summed E-state index contributed by atoms with van der Waals surface area (Å²) >= 11 is 1.33. The van der Waals surface area contributed by atoms with Crippen molar-refractivity contribution in [3.8, 4) is 17.5 Å². The number of nitrogens with two attached hydrogens (primary N) is 1. The number of carbonyl (C=O) groups is 1. The predicted octanol–water partition coefficient (Wildman–Crippen LogP) is 3.41. The lowest BCUT2D eigenvalue weighted by atomic mass is 10.2. The molecule has 0 unspecified atom stereocenters. The minimum atomic E-state index is -0.673. The zero-order valence-electron chi connectivity index (χ0n) is 13.8. The first-order valence-electron chi connectivity index (χ1n) is 7.66. The predicted molar refractivity (Wildman–Crippen MR) is 93.6 cm³/mol. The number of hydrogen-bond acceptors (Lipinski definition) is 4. The molecule has 1 aromatic carbocycles. The second-order valence-corrected chi connectivity index (χ2v) is 6.62. The van der Waals surface area contributed by atoms with Crippen LogP contribution in [-0.4, -0.2) is 15.5 Å². The third-order valence-electron chi connectivity index (χ3n) is 4.02. The van der Waals surface area contributed by atoms with Gasteiger partial charge in [-0.2, -0.15) is 5.26 Å². The third kappa shape index (κ3) is 3.34. The summed E-state index contributed by atoms with van der Waals surface area (Å²) < 4.78 is 28.9. The molecule has 0 aliphatic heterocycles. The summed E-state index contributed by atoms with van der Waals surface area (Å²) in [5.41, 5.74) is 7.72. The molecule has 1 amide bonds. The Morgan fingerprint density at radius 1 is 1.38 bits per heavy atom. The standard InChI is InChI=1S/C18H14F2N4OS/c1-10-13(18(22)25)7-16(15-9-26-17(23-15)4-5-21)24(10)8-11-2-3-12(19)6-14(11)20/h2-3,6-7,9H,4,8H2,1H3,(H2,22,25). The Bertz CT molecular complexity index is 1030. The Morgan fingerprint density at radius 2 is 2.15 bits per heavy atom. The Balaban J connectivity index is 2.10. The number of rotatable bonds is 5. The van der Waals surface area contributed by atoms with Crippen LogP contribution in [0.25, 0.3) is 11.4 Å². The van der Waals surface area contributed by atoms with Crippen LogP contribution in [0, 0.1) is 29.9 Å². The van der Waals surface area contributed by atoms with Crippen molar-refractivity contribution in [3.63, 3.8) is 0 Å². The van der Waals surface area contributed by atoms with E-state index in [9.17, 15) is 13.6 Å². The molecule has 2 aromatic heterocycles. The number of amides is 1. The first-order valence-corrected chi connectivity index (χ1v) is 8.54. The van der Waals surface area contributed by atoms with Gasteiger partial charge in [-0.05, 0) is 19.1 Å². The summed E-state index contributed by atoms with van der Waals surface area (Å²) in [5.74, 6) is -1.93. The van der Waals surface area contributed by atoms with Gasteiger partial charge in [0, 0.05) is 22.7 Å². The normalized spacial score (nSPS) is 10.7. The number of hydrogen-bond donors (Lipinski definition) is 1. The summed E-state index contributed by atoms with van der Waals surface area (Å²) in [4.78, 5) is 16.1. The van der Waals surface area contributed by atoms with Crippen LogP contribution in [0.1, 0.15) is 26.6 Å². The second-order valence-electron chi connectivity index (χ2n) is 5.68. The van der Waals surface area contributed by atoms with Crippen LogP contribution in [0.3, 0.4) is 0 Å². The minimum absolute atomic E-state index is 0.0890. The summed E-state index contributed by atoms with van der Waals surface area (Å²) in [5, 5.41) is 11.2. The highest BCUT2D eigenvalue weighted by Crippen LogP contribution is 2.28. The maximum absolute atomic E-state index is 14.1. The van der Waals surface area contributed by atoms with Crippen LogP contribution < -0.4 is 5.73 Å². The van der Waals surface area contributed by atoms with E-state index in [1.54, 1.807) is 22.9 Å². The van der Waals surface area contributed by atoms with E-state index in [1.807, 2.05) is 6.07 Å². The Kier molecular flexibility index (Phi) is 4.82. The summed E-state index contributed by atoms with van der Waals surface area (Å²) in [6, 6.07) is 6.99. The van der Waals surface area contributed by atoms with E-state index in [1.165, 1.54) is 23.5 Å². The van der Waals surface area contributed by atoms with Gasteiger partial charge in [0.1, 0.15) is 16.6 Å². The Labute approximate surface area is 152 Å². The van der Waals surface area contributed by atoms with E-state index < -0.39 is 17.5 Å². The van der Waals surface area contributed by atoms with Crippen LogP contribution in [0.2, 0.25) is 0 Å². The fraction of sp³-hybridized carbons (Fsp3) is 0.167. The lowest BCUT2D eigenvalue weighted by molar-refractivity contribution is 0.0999. The molecule has 2 heterocycles. The first-order chi connectivity index (χ1) is 12.4. The number of primary amides is 1. The van der Waals surface area contributed by atoms with Crippen molar-refractivity contribution in [1.29, 1.82) is 5.26 Å². The van der Waals surface area contributed by atoms with E-state index in [0.717, 1.165) is 6.07 Å². The molecule has 0 fully saturated rings. The van der Waals surface area contributed by atoms with Gasteiger partial charge in [0.2, 0.25) is 0 Å². The van der Waals surface area contributed by atoms with Crippen LogP contribution in [-0.2, 0) is 13.0 Å². The van der Waals surface area contributed by atoms with Gasteiger partial charge in [0.15, 0.2) is 0 Å². The molecule has 8 heteroatoms. The molecule has 3 rings (SSSR count). The topological polar surface area (TPSA) is 84.7 Å². The molecular weight excluding hydrogens is 358 g/mol. The largest absolute Gasteiger partial charge is 0.366 e. The lowest BCUT2D eigenvalue weighted by Crippen LogP contribution is -2.13. The van der Waals surface area contributed by atoms with Gasteiger partial charge in [0.05, 0.1) is 36.0 Å². The maximum Gasteiger partial charge on any atom is 0.250 e. The van der Waals surface area contributed by atoms with Gasteiger partial charge in [-0.1, -0.05) is 6.07 Å². The molecule has 0 radical (unpaired) electrons. The van der Waals surface area contributed by atoms with Crippen LogP contribution in [0.4, 0.5) is 8.78 Å². The van der Waals surface area contributed by atoms with Crippen molar-refractivity contribution in [2.75, 3.05) is 0 Å². The van der Waals surface area contributed by atoms with E-state index in [0.29, 0.717) is 27.7 Å². The van der Waals surface area contributed by atoms with Crippen molar-refractivity contribution >= 4 is 17.2 Å². The number of aromatic nitrogens is 2. The van der Waals surface area contributed by atoms with Crippen LogP contribution in [0.5, 0.6) is 0 Å². The highest BCUT2D eigenvalue weighted by molar-refractivity contribution is 7.10. The van der Waals surface area contributed by atoms with Crippen molar-refractivity contribution in [3.05, 3.63) is 63.1 Å². The number of carbonyl (C=O) groups excluding carboxylic acids is 1. The highest BCUT2D eigenvalue weighted by Gasteiger charge is 2.19. The highest BCUT2D eigenvalue weighted by atomic mass is 32.1. The SMILES string of the molecule is Cc1c(C(N)=O)cc(-c2csc(CC#N)n2)n1Cc1ccc(F)cc1F. The van der Waals surface area contributed by atoms with Gasteiger partial charge in [-0.25, -0.2) is 13.8 Å².